The predicted octanol–water partition coefficient (Wildman–Crippen LogP) is 2.10. The lowest BCUT2D eigenvalue weighted by Gasteiger charge is -2.20. The molecule has 1 amide bonds. The van der Waals surface area contributed by atoms with Gasteiger partial charge in [0.05, 0.1) is 6.54 Å². The molecule has 0 aromatic heterocycles. The quantitative estimate of drug-likeness (QED) is 0.786. The molecule has 0 aliphatic rings. The Kier molecular flexibility index (Phi) is 5.09. The molecule has 90 valence electrons. The standard InChI is InChI=1S/C14H18N2O/c1-4-10-15-14-9-7-6-8-13(14)11-16(5-2)12(3)17/h1,6-9,15H,5,10-11H2,2-3H3. The van der Waals surface area contributed by atoms with Crippen molar-refractivity contribution >= 4 is 11.6 Å². The first kappa shape index (κ1) is 13.1. The Morgan fingerprint density at radius 1 is 1.47 bits per heavy atom. The van der Waals surface area contributed by atoms with E-state index >= 15 is 0 Å². The molecule has 0 saturated heterocycles. The average molecular weight is 230 g/mol. The zero-order valence-electron chi connectivity index (χ0n) is 10.4. The van der Waals surface area contributed by atoms with Crippen molar-refractivity contribution in [3.05, 3.63) is 29.8 Å². The number of nitrogens with one attached hydrogen (secondary N) is 1. The molecule has 1 aromatic rings. The van der Waals surface area contributed by atoms with Gasteiger partial charge in [-0.2, -0.15) is 0 Å². The summed E-state index contributed by atoms with van der Waals surface area (Å²) < 4.78 is 0. The average Bonchev–Trinajstić information content (AvgIpc) is 2.34. The van der Waals surface area contributed by atoms with E-state index < -0.39 is 0 Å². The summed E-state index contributed by atoms with van der Waals surface area (Å²) in [6.07, 6.45) is 5.23. The normalized spacial score (nSPS) is 9.47. The van der Waals surface area contributed by atoms with Crippen molar-refractivity contribution in [3.8, 4) is 12.3 Å². The topological polar surface area (TPSA) is 32.3 Å². The van der Waals surface area contributed by atoms with Gasteiger partial charge in [0, 0.05) is 25.7 Å². The van der Waals surface area contributed by atoms with Crippen LogP contribution in [0.5, 0.6) is 0 Å². The second kappa shape index (κ2) is 6.59. The van der Waals surface area contributed by atoms with Gasteiger partial charge in [-0.15, -0.1) is 6.42 Å². The first-order valence-corrected chi connectivity index (χ1v) is 5.69. The summed E-state index contributed by atoms with van der Waals surface area (Å²) in [5.74, 6) is 2.62. The molecule has 1 rings (SSSR count). The lowest BCUT2D eigenvalue weighted by atomic mass is 10.1. The summed E-state index contributed by atoms with van der Waals surface area (Å²) >= 11 is 0. The van der Waals surface area contributed by atoms with Gasteiger partial charge >= 0.3 is 0 Å². The molecule has 0 unspecified atom stereocenters. The van der Waals surface area contributed by atoms with Crippen molar-refractivity contribution in [1.82, 2.24) is 4.90 Å². The van der Waals surface area contributed by atoms with Crippen molar-refractivity contribution in [2.24, 2.45) is 0 Å². The summed E-state index contributed by atoms with van der Waals surface area (Å²) in [5.41, 5.74) is 2.07. The highest BCUT2D eigenvalue weighted by Gasteiger charge is 2.09. The SMILES string of the molecule is C#CCNc1ccccc1CN(CC)C(C)=O. The Balaban J connectivity index is 2.82. The molecule has 0 radical (unpaired) electrons. The highest BCUT2D eigenvalue weighted by Crippen LogP contribution is 2.16. The fraction of sp³-hybridized carbons (Fsp3) is 0.357. The molecule has 0 spiro atoms. The maximum Gasteiger partial charge on any atom is 0.219 e. The molecule has 1 N–H and O–H groups in total. The minimum Gasteiger partial charge on any atom is -0.374 e. The van der Waals surface area contributed by atoms with Crippen LogP contribution in [0.3, 0.4) is 0 Å². The first-order valence-electron chi connectivity index (χ1n) is 5.69. The molecule has 17 heavy (non-hydrogen) atoms. The molecule has 0 saturated carbocycles. The number of rotatable bonds is 5. The molecular formula is C14H18N2O. The molecule has 0 fully saturated rings. The van der Waals surface area contributed by atoms with Crippen LogP contribution < -0.4 is 5.32 Å². The number of hydrogen-bond acceptors (Lipinski definition) is 2. The fourth-order valence-electron chi connectivity index (χ4n) is 1.63. The second-order valence-electron chi connectivity index (χ2n) is 3.75. The summed E-state index contributed by atoms with van der Waals surface area (Å²) in [7, 11) is 0. The highest BCUT2D eigenvalue weighted by atomic mass is 16.2. The van der Waals surface area contributed by atoms with Crippen LogP contribution in [0.25, 0.3) is 0 Å². The third kappa shape index (κ3) is 3.84. The maximum atomic E-state index is 11.4. The minimum absolute atomic E-state index is 0.0826. The van der Waals surface area contributed by atoms with Crippen molar-refractivity contribution in [3.63, 3.8) is 0 Å². The van der Waals surface area contributed by atoms with Crippen LogP contribution in [0.1, 0.15) is 19.4 Å². The van der Waals surface area contributed by atoms with Gasteiger partial charge in [0.25, 0.3) is 0 Å². The van der Waals surface area contributed by atoms with Crippen molar-refractivity contribution in [1.29, 1.82) is 0 Å². The Labute approximate surface area is 103 Å². The monoisotopic (exact) mass is 230 g/mol. The zero-order valence-corrected chi connectivity index (χ0v) is 10.4. The Bertz CT molecular complexity index is 420. The van der Waals surface area contributed by atoms with Crippen LogP contribution in [0.2, 0.25) is 0 Å². The molecular weight excluding hydrogens is 212 g/mol. The predicted molar refractivity (Wildman–Crippen MR) is 70.5 cm³/mol. The number of anilines is 1. The van der Waals surface area contributed by atoms with E-state index in [-0.39, 0.29) is 5.91 Å². The van der Waals surface area contributed by atoms with Crippen molar-refractivity contribution < 1.29 is 4.79 Å². The summed E-state index contributed by atoms with van der Waals surface area (Å²) in [6.45, 7) is 5.36. The first-order chi connectivity index (χ1) is 8.19. The Hall–Kier alpha value is -1.95. The molecule has 3 heteroatoms. The fourth-order valence-corrected chi connectivity index (χ4v) is 1.63. The number of carbonyl (C=O) groups is 1. The zero-order chi connectivity index (χ0) is 12.7. The molecule has 0 atom stereocenters. The number of carbonyl (C=O) groups excluding carboxylic acids is 1. The van der Waals surface area contributed by atoms with Crippen LogP contribution in [0, 0.1) is 12.3 Å². The van der Waals surface area contributed by atoms with Gasteiger partial charge in [-0.1, -0.05) is 24.1 Å². The van der Waals surface area contributed by atoms with Gasteiger partial charge < -0.3 is 10.2 Å². The van der Waals surface area contributed by atoms with Gasteiger partial charge in [-0.3, -0.25) is 4.79 Å². The van der Waals surface area contributed by atoms with Crippen molar-refractivity contribution in [2.45, 2.75) is 20.4 Å². The van der Waals surface area contributed by atoms with Gasteiger partial charge in [-0.05, 0) is 18.6 Å². The van der Waals surface area contributed by atoms with E-state index in [4.69, 9.17) is 6.42 Å². The van der Waals surface area contributed by atoms with E-state index in [0.717, 1.165) is 11.3 Å². The molecule has 1 aromatic carbocycles. The molecule has 3 nitrogen and oxygen atoms in total. The summed E-state index contributed by atoms with van der Waals surface area (Å²) in [4.78, 5) is 13.2. The highest BCUT2D eigenvalue weighted by molar-refractivity contribution is 5.73. The van der Waals surface area contributed by atoms with Gasteiger partial charge in [0.1, 0.15) is 0 Å². The maximum absolute atomic E-state index is 11.4. The number of hydrogen-bond donors (Lipinski definition) is 1. The third-order valence-corrected chi connectivity index (χ3v) is 2.59. The number of amides is 1. The molecule has 0 heterocycles. The number of benzene rings is 1. The Morgan fingerprint density at radius 2 is 2.18 bits per heavy atom. The minimum atomic E-state index is 0.0826. The lowest BCUT2D eigenvalue weighted by molar-refractivity contribution is -0.129. The lowest BCUT2D eigenvalue weighted by Crippen LogP contribution is -2.28. The van der Waals surface area contributed by atoms with E-state index in [9.17, 15) is 4.79 Å². The summed E-state index contributed by atoms with van der Waals surface area (Å²) in [6, 6.07) is 7.89. The molecule has 0 aliphatic heterocycles. The van der Waals surface area contributed by atoms with E-state index in [1.54, 1.807) is 11.8 Å². The van der Waals surface area contributed by atoms with E-state index in [0.29, 0.717) is 19.6 Å². The third-order valence-electron chi connectivity index (χ3n) is 2.59. The van der Waals surface area contributed by atoms with Crippen LogP contribution in [-0.2, 0) is 11.3 Å². The van der Waals surface area contributed by atoms with Crippen LogP contribution in [0.4, 0.5) is 5.69 Å². The van der Waals surface area contributed by atoms with Gasteiger partial charge in [0.15, 0.2) is 0 Å². The number of terminal acetylenes is 1. The van der Waals surface area contributed by atoms with Crippen molar-refractivity contribution in [2.75, 3.05) is 18.4 Å². The van der Waals surface area contributed by atoms with E-state index in [1.807, 2.05) is 31.2 Å². The van der Waals surface area contributed by atoms with E-state index in [2.05, 4.69) is 11.2 Å². The van der Waals surface area contributed by atoms with Gasteiger partial charge in [0.2, 0.25) is 5.91 Å². The molecule has 0 bridgehead atoms. The summed E-state index contributed by atoms with van der Waals surface area (Å²) in [5, 5.41) is 3.16. The molecule has 0 aliphatic carbocycles. The number of nitrogens with zero attached hydrogens (tertiary/aromatic N) is 1. The van der Waals surface area contributed by atoms with Crippen LogP contribution in [-0.4, -0.2) is 23.9 Å². The Morgan fingerprint density at radius 3 is 2.76 bits per heavy atom. The van der Waals surface area contributed by atoms with Crippen LogP contribution in [0.15, 0.2) is 24.3 Å². The largest absolute Gasteiger partial charge is 0.374 e. The van der Waals surface area contributed by atoms with Crippen LogP contribution >= 0.6 is 0 Å². The van der Waals surface area contributed by atoms with E-state index in [1.165, 1.54) is 0 Å². The van der Waals surface area contributed by atoms with Gasteiger partial charge in [-0.25, -0.2) is 0 Å². The second-order valence-corrected chi connectivity index (χ2v) is 3.75. The number of para-hydroxylation sites is 1. The smallest absolute Gasteiger partial charge is 0.219 e.